The van der Waals surface area contributed by atoms with Gasteiger partial charge in [-0.2, -0.15) is 13.2 Å². The number of anilines is 1. The number of methoxy groups -OCH3 is 1. The molecular formula is C7H7F3N2O. The summed E-state index contributed by atoms with van der Waals surface area (Å²) in [6.07, 6.45) is -4.54. The molecule has 0 saturated heterocycles. The van der Waals surface area contributed by atoms with Gasteiger partial charge in [0.1, 0.15) is 0 Å². The first kappa shape index (κ1) is 9.63. The summed E-state index contributed by atoms with van der Waals surface area (Å²) in [6, 6.07) is 2.37. The molecule has 1 rings (SSSR count). The molecule has 0 saturated carbocycles. The van der Waals surface area contributed by atoms with E-state index in [0.29, 0.717) is 0 Å². The zero-order chi connectivity index (χ0) is 10.1. The number of hydrogen-bond acceptors (Lipinski definition) is 3. The number of rotatable bonds is 1. The van der Waals surface area contributed by atoms with Crippen molar-refractivity contribution in [2.75, 3.05) is 12.8 Å². The molecule has 2 N–H and O–H groups in total. The summed E-state index contributed by atoms with van der Waals surface area (Å²) < 4.78 is 41.0. The van der Waals surface area contributed by atoms with Gasteiger partial charge < -0.3 is 10.5 Å². The highest BCUT2D eigenvalue weighted by Gasteiger charge is 2.35. The summed E-state index contributed by atoms with van der Waals surface area (Å²) in [5, 5.41) is 0. The molecule has 0 amide bonds. The second-order valence-corrected chi connectivity index (χ2v) is 2.29. The smallest absolute Gasteiger partial charge is 0.435 e. The van der Waals surface area contributed by atoms with E-state index in [0.717, 1.165) is 6.07 Å². The van der Waals surface area contributed by atoms with Crippen LogP contribution in [0.15, 0.2) is 12.1 Å². The zero-order valence-electron chi connectivity index (χ0n) is 6.72. The molecule has 0 aromatic carbocycles. The van der Waals surface area contributed by atoms with Crippen LogP contribution in [0.5, 0.6) is 5.88 Å². The Balaban J connectivity index is 3.19. The lowest BCUT2D eigenvalue weighted by Crippen LogP contribution is -2.12. The molecule has 6 heteroatoms. The first-order valence-corrected chi connectivity index (χ1v) is 3.33. The second kappa shape index (κ2) is 3.12. The number of pyridine rings is 1. The lowest BCUT2D eigenvalue weighted by Gasteiger charge is -2.09. The monoisotopic (exact) mass is 192 g/mol. The van der Waals surface area contributed by atoms with E-state index < -0.39 is 17.6 Å². The molecule has 72 valence electrons. The molecule has 0 bridgehead atoms. The third-order valence-corrected chi connectivity index (χ3v) is 1.38. The molecular weight excluding hydrogens is 185 g/mol. The summed E-state index contributed by atoms with van der Waals surface area (Å²) >= 11 is 0. The second-order valence-electron chi connectivity index (χ2n) is 2.29. The van der Waals surface area contributed by atoms with Gasteiger partial charge in [0.05, 0.1) is 12.8 Å². The first-order valence-electron chi connectivity index (χ1n) is 3.33. The number of aromatic nitrogens is 1. The summed E-state index contributed by atoms with van der Waals surface area (Å²) in [5.74, 6) is -0.110. The fourth-order valence-electron chi connectivity index (χ4n) is 0.793. The van der Waals surface area contributed by atoms with Gasteiger partial charge in [-0.1, -0.05) is 0 Å². The molecule has 0 atom stereocenters. The minimum absolute atomic E-state index is 0.110. The standard InChI is InChI=1S/C7H7F3N2O/c1-13-5-3-2-4(11)6(12-5)7(8,9)10/h2-3H,11H2,1H3. The van der Waals surface area contributed by atoms with E-state index in [2.05, 4.69) is 9.72 Å². The maximum Gasteiger partial charge on any atom is 0.435 e. The SMILES string of the molecule is COc1ccc(N)c(C(F)(F)F)n1. The molecule has 1 heterocycles. The van der Waals surface area contributed by atoms with Gasteiger partial charge in [0, 0.05) is 6.07 Å². The molecule has 0 spiro atoms. The highest BCUT2D eigenvalue weighted by atomic mass is 19.4. The van der Waals surface area contributed by atoms with Crippen molar-refractivity contribution in [2.45, 2.75) is 6.18 Å². The number of hydrogen-bond donors (Lipinski definition) is 1. The van der Waals surface area contributed by atoms with Crippen molar-refractivity contribution in [2.24, 2.45) is 0 Å². The largest absolute Gasteiger partial charge is 0.481 e. The quantitative estimate of drug-likeness (QED) is 0.736. The van der Waals surface area contributed by atoms with Crippen LogP contribution < -0.4 is 10.5 Å². The predicted molar refractivity (Wildman–Crippen MR) is 40.2 cm³/mol. The molecule has 0 aliphatic rings. The number of nitrogens with two attached hydrogens (primary N) is 1. The van der Waals surface area contributed by atoms with Crippen LogP contribution in [0.3, 0.4) is 0 Å². The third kappa shape index (κ3) is 2.01. The van der Waals surface area contributed by atoms with E-state index >= 15 is 0 Å². The van der Waals surface area contributed by atoms with E-state index in [4.69, 9.17) is 5.73 Å². The van der Waals surface area contributed by atoms with Crippen molar-refractivity contribution in [3.63, 3.8) is 0 Å². The summed E-state index contributed by atoms with van der Waals surface area (Å²) in [6.45, 7) is 0. The predicted octanol–water partition coefficient (Wildman–Crippen LogP) is 1.69. The zero-order valence-corrected chi connectivity index (χ0v) is 6.72. The van der Waals surface area contributed by atoms with E-state index in [-0.39, 0.29) is 5.88 Å². The van der Waals surface area contributed by atoms with Crippen molar-refractivity contribution in [3.8, 4) is 5.88 Å². The average Bonchev–Trinajstić information content (AvgIpc) is 2.03. The fourth-order valence-corrected chi connectivity index (χ4v) is 0.793. The highest BCUT2D eigenvalue weighted by Crippen LogP contribution is 2.32. The molecule has 0 aliphatic carbocycles. The Morgan fingerprint density at radius 1 is 1.38 bits per heavy atom. The van der Waals surface area contributed by atoms with Gasteiger partial charge in [-0.15, -0.1) is 0 Å². The Bertz CT molecular complexity index is 311. The van der Waals surface area contributed by atoms with Crippen molar-refractivity contribution < 1.29 is 17.9 Å². The number of halogens is 3. The maximum absolute atomic E-state index is 12.2. The molecule has 0 fully saturated rings. The maximum atomic E-state index is 12.2. The number of alkyl halides is 3. The topological polar surface area (TPSA) is 48.1 Å². The summed E-state index contributed by atoms with van der Waals surface area (Å²) in [7, 11) is 1.23. The lowest BCUT2D eigenvalue weighted by atomic mass is 10.3. The Hall–Kier alpha value is -1.46. The van der Waals surface area contributed by atoms with Gasteiger partial charge in [-0.25, -0.2) is 4.98 Å². The number of nitrogen functional groups attached to an aromatic ring is 1. The van der Waals surface area contributed by atoms with Gasteiger partial charge in [0.2, 0.25) is 5.88 Å². The third-order valence-electron chi connectivity index (χ3n) is 1.38. The Labute approximate surface area is 72.3 Å². The van der Waals surface area contributed by atoms with Crippen LogP contribution in [0.25, 0.3) is 0 Å². The molecule has 1 aromatic heterocycles. The van der Waals surface area contributed by atoms with Gasteiger partial charge in [0.15, 0.2) is 5.69 Å². The molecule has 13 heavy (non-hydrogen) atoms. The molecule has 0 unspecified atom stereocenters. The Kier molecular flexibility index (Phi) is 2.31. The Morgan fingerprint density at radius 2 is 2.00 bits per heavy atom. The van der Waals surface area contributed by atoms with Crippen LogP contribution in [0.1, 0.15) is 5.69 Å². The Morgan fingerprint density at radius 3 is 2.46 bits per heavy atom. The van der Waals surface area contributed by atoms with Crippen LogP contribution in [-0.4, -0.2) is 12.1 Å². The van der Waals surface area contributed by atoms with E-state index in [1.165, 1.54) is 13.2 Å². The van der Waals surface area contributed by atoms with Crippen molar-refractivity contribution in [1.82, 2.24) is 4.98 Å². The normalized spacial score (nSPS) is 11.4. The van der Waals surface area contributed by atoms with Crippen molar-refractivity contribution >= 4 is 5.69 Å². The molecule has 0 aliphatic heterocycles. The van der Waals surface area contributed by atoms with Crippen LogP contribution >= 0.6 is 0 Å². The minimum Gasteiger partial charge on any atom is -0.481 e. The van der Waals surface area contributed by atoms with Gasteiger partial charge in [-0.05, 0) is 6.07 Å². The average molecular weight is 192 g/mol. The van der Waals surface area contributed by atoms with Crippen LogP contribution in [0.4, 0.5) is 18.9 Å². The summed E-state index contributed by atoms with van der Waals surface area (Å²) in [5.41, 5.74) is 3.56. The van der Waals surface area contributed by atoms with Crippen molar-refractivity contribution in [1.29, 1.82) is 0 Å². The van der Waals surface area contributed by atoms with Gasteiger partial charge >= 0.3 is 6.18 Å². The van der Waals surface area contributed by atoms with Gasteiger partial charge in [-0.3, -0.25) is 0 Å². The highest BCUT2D eigenvalue weighted by molar-refractivity contribution is 5.45. The number of ether oxygens (including phenoxy) is 1. The van der Waals surface area contributed by atoms with E-state index in [1.807, 2.05) is 0 Å². The molecule has 0 radical (unpaired) electrons. The lowest BCUT2D eigenvalue weighted by molar-refractivity contribution is -0.140. The summed E-state index contributed by atoms with van der Waals surface area (Å²) in [4.78, 5) is 3.19. The minimum atomic E-state index is -4.54. The molecule has 3 nitrogen and oxygen atoms in total. The van der Waals surface area contributed by atoms with E-state index in [1.54, 1.807) is 0 Å². The first-order chi connectivity index (χ1) is 5.95. The van der Waals surface area contributed by atoms with Gasteiger partial charge in [0.25, 0.3) is 0 Å². The fraction of sp³-hybridized carbons (Fsp3) is 0.286. The van der Waals surface area contributed by atoms with Crippen molar-refractivity contribution in [3.05, 3.63) is 17.8 Å². The van der Waals surface area contributed by atoms with Crippen LogP contribution in [-0.2, 0) is 6.18 Å². The van der Waals surface area contributed by atoms with Crippen LogP contribution in [0, 0.1) is 0 Å². The van der Waals surface area contributed by atoms with Crippen LogP contribution in [0.2, 0.25) is 0 Å². The number of nitrogens with zero attached hydrogens (tertiary/aromatic N) is 1. The van der Waals surface area contributed by atoms with E-state index in [9.17, 15) is 13.2 Å². The molecule has 1 aromatic rings.